The zero-order chi connectivity index (χ0) is 9.99. The van der Waals surface area contributed by atoms with Crippen LogP contribution < -0.4 is 0 Å². The third-order valence-corrected chi connectivity index (χ3v) is 8.41. The van der Waals surface area contributed by atoms with Crippen LogP contribution in [0.15, 0.2) is 0 Å². The van der Waals surface area contributed by atoms with E-state index in [1.165, 1.54) is 0 Å². The van der Waals surface area contributed by atoms with Crippen LogP contribution in [0.5, 0.6) is 0 Å². The van der Waals surface area contributed by atoms with E-state index in [9.17, 15) is 0 Å². The number of halogens is 6. The van der Waals surface area contributed by atoms with Crippen molar-refractivity contribution in [3.8, 4) is 0 Å². The Kier molecular flexibility index (Phi) is 5.94. The Balaban J connectivity index is 4.38. The molecule has 0 saturated heterocycles. The highest BCUT2D eigenvalue weighted by molar-refractivity contribution is 7.14. The van der Waals surface area contributed by atoms with Gasteiger partial charge in [0, 0.05) is 6.61 Å². The lowest BCUT2D eigenvalue weighted by molar-refractivity contribution is 0.350. The molecule has 12 heavy (non-hydrogen) atoms. The summed E-state index contributed by atoms with van der Waals surface area (Å²) in [7, 11) is -2.43. The molecule has 8 heteroatoms. The van der Waals surface area contributed by atoms with E-state index in [1.54, 1.807) is 6.92 Å². The maximum absolute atomic E-state index is 5.76. The third kappa shape index (κ3) is 3.58. The topological polar surface area (TPSA) is 9.23 Å². The summed E-state index contributed by atoms with van der Waals surface area (Å²) < 4.78 is 1.56. The molecule has 0 aliphatic rings. The van der Waals surface area contributed by atoms with Gasteiger partial charge in [0.1, 0.15) is 0 Å². The summed E-state index contributed by atoms with van der Waals surface area (Å²) in [6, 6.07) is 0. The van der Waals surface area contributed by atoms with Gasteiger partial charge >= 0.3 is 8.35 Å². The predicted octanol–water partition coefficient (Wildman–Crippen LogP) is 3.57. The van der Waals surface area contributed by atoms with Crippen molar-refractivity contribution >= 4 is 77.4 Å². The highest BCUT2D eigenvalue weighted by atomic mass is 35.6. The molecule has 0 bridgehead atoms. The van der Waals surface area contributed by atoms with Crippen LogP contribution in [0.3, 0.4) is 0 Å². The Labute approximate surface area is 103 Å². The van der Waals surface area contributed by atoms with E-state index in [1.807, 2.05) is 0 Å². The van der Waals surface area contributed by atoms with Gasteiger partial charge in [-0.25, -0.2) is 0 Å². The summed E-state index contributed by atoms with van der Waals surface area (Å²) in [5, 5.41) is 0. The fourth-order valence-corrected chi connectivity index (χ4v) is 3.78. The monoisotopic (exact) mass is 308 g/mol. The summed E-state index contributed by atoms with van der Waals surface area (Å²) in [5.41, 5.74) is 0. The molecular weight excluding hydrogens is 305 g/mol. The second kappa shape index (κ2) is 5.13. The van der Waals surface area contributed by atoms with Crippen LogP contribution in [0.25, 0.3) is 0 Å². The van der Waals surface area contributed by atoms with Crippen LogP contribution >= 0.6 is 69.1 Å². The van der Waals surface area contributed by atoms with Gasteiger partial charge in [-0.05, 0) is 6.92 Å². The first-order chi connectivity index (χ1) is 5.23. The zero-order valence-corrected chi connectivity index (χ0v) is 11.7. The molecular formula is C4H6Cl6OSi. The third-order valence-electron chi connectivity index (χ3n) is 0.976. The fraction of sp³-hybridized carbons (Fsp3) is 1.00. The van der Waals surface area contributed by atoms with Gasteiger partial charge in [0.15, 0.2) is 3.96 Å². The van der Waals surface area contributed by atoms with E-state index in [-0.39, 0.29) is 0 Å². The zero-order valence-electron chi connectivity index (χ0n) is 5.96. The van der Waals surface area contributed by atoms with Crippen molar-refractivity contribution in [1.29, 1.82) is 0 Å². The van der Waals surface area contributed by atoms with E-state index < -0.39 is 16.1 Å². The first-order valence-electron chi connectivity index (χ1n) is 2.93. The smallest absolute Gasteiger partial charge is 0.315 e. The van der Waals surface area contributed by atoms with Crippen molar-refractivity contribution in [2.45, 2.75) is 14.7 Å². The van der Waals surface area contributed by atoms with E-state index in [0.717, 1.165) is 0 Å². The van der Waals surface area contributed by atoms with Crippen molar-refractivity contribution in [3.63, 3.8) is 0 Å². The van der Waals surface area contributed by atoms with Gasteiger partial charge in [-0.15, -0.1) is 11.1 Å². The van der Waals surface area contributed by atoms with Crippen LogP contribution in [0, 0.1) is 0 Å². The molecule has 0 saturated carbocycles. The first-order valence-corrected chi connectivity index (χ1v) is 7.62. The molecule has 0 aliphatic heterocycles. The fourth-order valence-electron chi connectivity index (χ4n) is 0.380. The van der Waals surface area contributed by atoms with Gasteiger partial charge in [-0.3, -0.25) is 0 Å². The second-order valence-corrected chi connectivity index (χ2v) is 9.31. The molecule has 0 amide bonds. The minimum Gasteiger partial charge on any atom is -0.404 e. The van der Waals surface area contributed by atoms with Gasteiger partial charge in [-0.1, -0.05) is 58.0 Å². The van der Waals surface area contributed by atoms with Crippen molar-refractivity contribution in [2.24, 2.45) is 0 Å². The van der Waals surface area contributed by atoms with Crippen LogP contribution in [0.1, 0.15) is 6.92 Å². The van der Waals surface area contributed by atoms with E-state index in [2.05, 4.69) is 0 Å². The van der Waals surface area contributed by atoms with E-state index >= 15 is 0 Å². The quantitative estimate of drug-likeness (QED) is 0.440. The van der Waals surface area contributed by atoms with Gasteiger partial charge in [0.2, 0.25) is 3.79 Å². The van der Waals surface area contributed by atoms with Gasteiger partial charge in [0.25, 0.3) is 0 Å². The number of hydrogen-bond donors (Lipinski definition) is 0. The Morgan fingerprint density at radius 2 is 1.58 bits per heavy atom. The van der Waals surface area contributed by atoms with E-state index in [4.69, 9.17) is 73.5 Å². The van der Waals surface area contributed by atoms with Crippen molar-refractivity contribution in [3.05, 3.63) is 0 Å². The van der Waals surface area contributed by atoms with Crippen LogP contribution in [0.2, 0.25) is 0 Å². The minimum atomic E-state index is -2.43. The molecule has 0 fully saturated rings. The Hall–Kier alpha value is 1.92. The number of rotatable bonds is 3. The summed E-state index contributed by atoms with van der Waals surface area (Å²) in [5.74, 6) is 0. The largest absolute Gasteiger partial charge is 0.404 e. The van der Waals surface area contributed by atoms with Gasteiger partial charge < -0.3 is 4.43 Å². The Bertz CT molecular complexity index is 145. The molecule has 0 N–H and O–H groups in total. The molecule has 0 aromatic carbocycles. The highest BCUT2D eigenvalue weighted by Crippen LogP contribution is 2.48. The van der Waals surface area contributed by atoms with Gasteiger partial charge in [0.05, 0.1) is 0 Å². The predicted molar refractivity (Wildman–Crippen MR) is 59.4 cm³/mol. The average molecular weight is 311 g/mol. The summed E-state index contributed by atoms with van der Waals surface area (Å²) in [6.45, 7) is 2.15. The molecule has 1 atom stereocenters. The minimum absolute atomic E-state index is 0.391. The second-order valence-electron chi connectivity index (χ2n) is 1.89. The molecule has 0 aliphatic carbocycles. The van der Waals surface area contributed by atoms with Crippen LogP contribution in [-0.4, -0.2) is 22.7 Å². The Morgan fingerprint density at radius 3 is 1.83 bits per heavy atom. The normalized spacial score (nSPS) is 16.2. The summed E-state index contributed by atoms with van der Waals surface area (Å²) >= 11 is 33.7. The molecule has 1 nitrogen and oxygen atoms in total. The van der Waals surface area contributed by atoms with E-state index in [0.29, 0.717) is 6.61 Å². The molecule has 0 radical (unpaired) electrons. The molecule has 1 unspecified atom stereocenters. The van der Waals surface area contributed by atoms with Gasteiger partial charge in [-0.2, -0.15) is 0 Å². The average Bonchev–Trinajstić information content (AvgIpc) is 1.85. The van der Waals surface area contributed by atoms with Crippen molar-refractivity contribution < 1.29 is 4.43 Å². The molecule has 0 rings (SSSR count). The number of alkyl halides is 5. The SMILES string of the molecule is CCO[SiH](Cl)C(Cl)(Cl)C(Cl)(Cl)Cl. The highest BCUT2D eigenvalue weighted by Gasteiger charge is 2.53. The first kappa shape index (κ1) is 13.9. The Morgan fingerprint density at radius 1 is 1.17 bits per heavy atom. The molecule has 0 aromatic rings. The van der Waals surface area contributed by atoms with Crippen LogP contribution in [0.4, 0.5) is 0 Å². The molecule has 0 spiro atoms. The van der Waals surface area contributed by atoms with Crippen molar-refractivity contribution in [2.75, 3.05) is 6.61 Å². The maximum atomic E-state index is 5.76. The molecule has 74 valence electrons. The number of hydrogen-bond acceptors (Lipinski definition) is 1. The maximum Gasteiger partial charge on any atom is 0.315 e. The lowest BCUT2D eigenvalue weighted by Crippen LogP contribution is -2.45. The van der Waals surface area contributed by atoms with Crippen LogP contribution in [-0.2, 0) is 4.43 Å². The lowest BCUT2D eigenvalue weighted by atomic mass is 10.9. The summed E-state index contributed by atoms with van der Waals surface area (Å²) in [4.78, 5) is 0. The standard InChI is InChI=1S/C4H6Cl6OSi/c1-2-11-12(10)4(8,9)3(5,6)7/h12H,2H2,1H3. The molecule has 0 heterocycles. The summed E-state index contributed by atoms with van der Waals surface area (Å²) in [6.07, 6.45) is 0. The molecule has 0 aromatic heterocycles. The van der Waals surface area contributed by atoms with Crippen molar-refractivity contribution in [1.82, 2.24) is 0 Å². The lowest BCUT2D eigenvalue weighted by Gasteiger charge is -2.29.